The molecule has 0 saturated carbocycles. The van der Waals surface area contributed by atoms with Gasteiger partial charge in [0.05, 0.1) is 12.2 Å². The number of benzene rings is 1. The summed E-state index contributed by atoms with van der Waals surface area (Å²) in [6.07, 6.45) is 2.98. The second-order valence-corrected chi connectivity index (χ2v) is 6.22. The fourth-order valence-electron chi connectivity index (χ4n) is 2.35. The molecule has 0 unspecified atom stereocenters. The predicted octanol–water partition coefficient (Wildman–Crippen LogP) is 2.28. The van der Waals surface area contributed by atoms with Crippen molar-refractivity contribution in [2.75, 3.05) is 11.9 Å². The van der Waals surface area contributed by atoms with Gasteiger partial charge < -0.3 is 10.6 Å². The first-order valence-electron chi connectivity index (χ1n) is 7.04. The third-order valence-corrected chi connectivity index (χ3v) is 4.45. The summed E-state index contributed by atoms with van der Waals surface area (Å²) >= 11 is 1.43. The van der Waals surface area contributed by atoms with Gasteiger partial charge in [-0.2, -0.15) is 0 Å². The Labute approximate surface area is 134 Å². The third-order valence-electron chi connectivity index (χ3n) is 3.38. The monoisotopic (exact) mass is 337 g/mol. The number of carbonyl (C=O) groups is 2. The van der Waals surface area contributed by atoms with Crippen LogP contribution in [0.5, 0.6) is 0 Å². The van der Waals surface area contributed by atoms with Crippen LogP contribution < -0.4 is 10.6 Å². The molecular formula is C15H13F2N3O2S. The molecule has 2 aromatic rings. The summed E-state index contributed by atoms with van der Waals surface area (Å²) in [4.78, 5) is 29.1. The zero-order valence-corrected chi connectivity index (χ0v) is 12.8. The number of rotatable bonds is 4. The standard InChI is InChI=1S/C15H13F2N3O2S/c16-9-4-8(5-10(17)6-9)14(22)18-7-13(21)20-15-19-11-2-1-3-12(11)23-15/h4-6H,1-3,7H2,(H,18,22)(H,19,20,21). The number of aryl methyl sites for hydroxylation is 2. The summed E-state index contributed by atoms with van der Waals surface area (Å²) in [5.41, 5.74) is 0.841. The van der Waals surface area contributed by atoms with Crippen LogP contribution in [-0.4, -0.2) is 23.3 Å². The Balaban J connectivity index is 1.54. The van der Waals surface area contributed by atoms with Crippen LogP contribution in [0.4, 0.5) is 13.9 Å². The van der Waals surface area contributed by atoms with Gasteiger partial charge in [-0.3, -0.25) is 9.59 Å². The number of carbonyl (C=O) groups excluding carboxylic acids is 2. The summed E-state index contributed by atoms with van der Waals surface area (Å²) in [6.45, 7) is -0.304. The lowest BCUT2D eigenvalue weighted by atomic mass is 10.2. The predicted molar refractivity (Wildman–Crippen MR) is 81.5 cm³/mol. The summed E-state index contributed by atoms with van der Waals surface area (Å²) in [5, 5.41) is 5.43. The summed E-state index contributed by atoms with van der Waals surface area (Å²) in [5.74, 6) is -2.86. The van der Waals surface area contributed by atoms with E-state index < -0.39 is 23.4 Å². The Morgan fingerprint density at radius 1 is 1.17 bits per heavy atom. The average Bonchev–Trinajstić information content (AvgIpc) is 3.04. The zero-order valence-electron chi connectivity index (χ0n) is 12.0. The van der Waals surface area contributed by atoms with E-state index in [4.69, 9.17) is 0 Å². The van der Waals surface area contributed by atoms with Gasteiger partial charge in [-0.25, -0.2) is 13.8 Å². The highest BCUT2D eigenvalue weighted by Gasteiger charge is 2.18. The summed E-state index contributed by atoms with van der Waals surface area (Å²) in [6, 6.07) is 2.48. The van der Waals surface area contributed by atoms with Crippen molar-refractivity contribution in [3.8, 4) is 0 Å². The first-order chi connectivity index (χ1) is 11.0. The molecule has 0 radical (unpaired) electrons. The van der Waals surface area contributed by atoms with Crippen molar-refractivity contribution in [3.63, 3.8) is 0 Å². The van der Waals surface area contributed by atoms with E-state index in [2.05, 4.69) is 15.6 Å². The van der Waals surface area contributed by atoms with E-state index in [1.54, 1.807) is 0 Å². The van der Waals surface area contributed by atoms with Crippen LogP contribution >= 0.6 is 11.3 Å². The van der Waals surface area contributed by atoms with E-state index in [-0.39, 0.29) is 12.1 Å². The number of halogens is 2. The van der Waals surface area contributed by atoms with E-state index >= 15 is 0 Å². The smallest absolute Gasteiger partial charge is 0.251 e. The molecule has 2 amide bonds. The van der Waals surface area contributed by atoms with Crippen LogP contribution in [0.2, 0.25) is 0 Å². The van der Waals surface area contributed by atoms with Crippen molar-refractivity contribution < 1.29 is 18.4 Å². The van der Waals surface area contributed by atoms with Crippen LogP contribution in [0.15, 0.2) is 18.2 Å². The van der Waals surface area contributed by atoms with E-state index in [0.717, 1.165) is 37.1 Å². The van der Waals surface area contributed by atoms with Gasteiger partial charge in [0.15, 0.2) is 5.13 Å². The maximum Gasteiger partial charge on any atom is 0.251 e. The maximum atomic E-state index is 13.0. The molecule has 0 saturated heterocycles. The lowest BCUT2D eigenvalue weighted by Gasteiger charge is -2.05. The van der Waals surface area contributed by atoms with Crippen LogP contribution in [0, 0.1) is 11.6 Å². The van der Waals surface area contributed by atoms with Crippen molar-refractivity contribution in [1.29, 1.82) is 0 Å². The highest BCUT2D eigenvalue weighted by molar-refractivity contribution is 7.15. The van der Waals surface area contributed by atoms with Gasteiger partial charge in [0.2, 0.25) is 5.91 Å². The number of thiazole rings is 1. The van der Waals surface area contributed by atoms with Gasteiger partial charge in [-0.05, 0) is 31.4 Å². The molecule has 120 valence electrons. The number of anilines is 1. The summed E-state index contributed by atoms with van der Waals surface area (Å²) < 4.78 is 26.1. The number of nitrogens with one attached hydrogen (secondary N) is 2. The number of hydrogen-bond donors (Lipinski definition) is 2. The second-order valence-electron chi connectivity index (χ2n) is 5.13. The van der Waals surface area contributed by atoms with Gasteiger partial charge in [0.25, 0.3) is 5.91 Å². The van der Waals surface area contributed by atoms with Gasteiger partial charge in [-0.15, -0.1) is 11.3 Å². The molecule has 1 aromatic carbocycles. The normalized spacial score (nSPS) is 12.8. The maximum absolute atomic E-state index is 13.0. The first kappa shape index (κ1) is 15.5. The topological polar surface area (TPSA) is 71.1 Å². The van der Waals surface area contributed by atoms with Gasteiger partial charge in [-0.1, -0.05) is 0 Å². The molecule has 0 bridgehead atoms. The molecule has 23 heavy (non-hydrogen) atoms. The SMILES string of the molecule is O=C(CNC(=O)c1cc(F)cc(F)c1)Nc1nc2c(s1)CCC2. The summed E-state index contributed by atoms with van der Waals surface area (Å²) in [7, 11) is 0. The Kier molecular flexibility index (Phi) is 4.33. The van der Waals surface area contributed by atoms with Gasteiger partial charge >= 0.3 is 0 Å². The molecule has 5 nitrogen and oxygen atoms in total. The first-order valence-corrected chi connectivity index (χ1v) is 7.85. The number of amides is 2. The number of aromatic nitrogens is 1. The highest BCUT2D eigenvalue weighted by atomic mass is 32.1. The second kappa shape index (κ2) is 6.41. The molecule has 0 spiro atoms. The molecule has 2 N–H and O–H groups in total. The molecule has 0 atom stereocenters. The Hall–Kier alpha value is -2.35. The highest BCUT2D eigenvalue weighted by Crippen LogP contribution is 2.30. The molecule has 0 aliphatic heterocycles. The fraction of sp³-hybridized carbons (Fsp3) is 0.267. The van der Waals surface area contributed by atoms with Crippen LogP contribution in [0.25, 0.3) is 0 Å². The van der Waals surface area contributed by atoms with E-state index in [1.165, 1.54) is 16.2 Å². The molecule has 8 heteroatoms. The van der Waals surface area contributed by atoms with Crippen molar-refractivity contribution >= 4 is 28.3 Å². The quantitative estimate of drug-likeness (QED) is 0.899. The molecule has 1 aliphatic rings. The average molecular weight is 337 g/mol. The lowest BCUT2D eigenvalue weighted by molar-refractivity contribution is -0.115. The van der Waals surface area contributed by atoms with Crippen LogP contribution in [-0.2, 0) is 17.6 Å². The molecule has 3 rings (SSSR count). The zero-order chi connectivity index (χ0) is 16.4. The Morgan fingerprint density at radius 2 is 1.91 bits per heavy atom. The van der Waals surface area contributed by atoms with Crippen LogP contribution in [0.3, 0.4) is 0 Å². The molecule has 1 aromatic heterocycles. The largest absolute Gasteiger partial charge is 0.343 e. The van der Waals surface area contributed by atoms with E-state index in [0.29, 0.717) is 11.2 Å². The van der Waals surface area contributed by atoms with Gasteiger partial charge in [0, 0.05) is 16.5 Å². The van der Waals surface area contributed by atoms with E-state index in [9.17, 15) is 18.4 Å². The van der Waals surface area contributed by atoms with Crippen molar-refractivity contribution in [1.82, 2.24) is 10.3 Å². The minimum atomic E-state index is -0.850. The Bertz CT molecular complexity index is 734. The minimum Gasteiger partial charge on any atom is -0.343 e. The number of hydrogen-bond acceptors (Lipinski definition) is 4. The molecular weight excluding hydrogens is 324 g/mol. The molecule has 1 heterocycles. The van der Waals surface area contributed by atoms with Crippen molar-refractivity contribution in [2.45, 2.75) is 19.3 Å². The fourth-order valence-corrected chi connectivity index (χ4v) is 3.42. The van der Waals surface area contributed by atoms with E-state index in [1.807, 2.05) is 0 Å². The molecule has 1 aliphatic carbocycles. The van der Waals surface area contributed by atoms with Crippen molar-refractivity contribution in [2.24, 2.45) is 0 Å². The number of fused-ring (bicyclic) bond motifs is 1. The lowest BCUT2D eigenvalue weighted by Crippen LogP contribution is -2.33. The van der Waals surface area contributed by atoms with Crippen molar-refractivity contribution in [3.05, 3.63) is 46.0 Å². The molecule has 0 fully saturated rings. The van der Waals surface area contributed by atoms with Crippen LogP contribution in [0.1, 0.15) is 27.3 Å². The van der Waals surface area contributed by atoms with Gasteiger partial charge in [0.1, 0.15) is 11.6 Å². The Morgan fingerprint density at radius 3 is 2.61 bits per heavy atom. The number of nitrogens with zero attached hydrogens (tertiary/aromatic N) is 1. The minimum absolute atomic E-state index is 0.177. The third kappa shape index (κ3) is 3.70.